The molecule has 0 saturated carbocycles. The summed E-state index contributed by atoms with van der Waals surface area (Å²) in [7, 11) is 0. The molecule has 9 heteroatoms. The number of benzene rings is 3. The fraction of sp³-hybridized carbons (Fsp3) is 0.185. The SMILES string of the molecule is O=C1C2C(c3ccc(F)cc3)OC3(C(=O)c4ccccc4C3=O)C2C(=O)N1c1ccc2c(c1)OCO2. The minimum Gasteiger partial charge on any atom is -0.454 e. The molecule has 1 aliphatic carbocycles. The van der Waals surface area contributed by atoms with E-state index >= 15 is 0 Å². The Morgan fingerprint density at radius 2 is 1.47 bits per heavy atom. The lowest BCUT2D eigenvalue weighted by Crippen LogP contribution is -2.51. The molecule has 178 valence electrons. The highest BCUT2D eigenvalue weighted by Crippen LogP contribution is 2.58. The van der Waals surface area contributed by atoms with Crippen LogP contribution >= 0.6 is 0 Å². The van der Waals surface area contributed by atoms with E-state index in [2.05, 4.69) is 0 Å². The van der Waals surface area contributed by atoms with Gasteiger partial charge >= 0.3 is 0 Å². The lowest BCUT2D eigenvalue weighted by molar-refractivity contribution is -0.127. The number of ketones is 2. The number of rotatable bonds is 2. The fourth-order valence-corrected chi connectivity index (χ4v) is 5.75. The Labute approximate surface area is 203 Å². The molecule has 2 amide bonds. The van der Waals surface area contributed by atoms with Gasteiger partial charge in [0.2, 0.25) is 35.8 Å². The molecular weight excluding hydrogens is 469 g/mol. The zero-order valence-electron chi connectivity index (χ0n) is 18.5. The van der Waals surface area contributed by atoms with Crippen LogP contribution < -0.4 is 14.4 Å². The molecule has 0 radical (unpaired) electrons. The monoisotopic (exact) mass is 485 g/mol. The maximum absolute atomic E-state index is 13.9. The van der Waals surface area contributed by atoms with E-state index in [1.54, 1.807) is 18.2 Å². The van der Waals surface area contributed by atoms with Gasteiger partial charge in [-0.1, -0.05) is 36.4 Å². The molecule has 2 saturated heterocycles. The van der Waals surface area contributed by atoms with Crippen molar-refractivity contribution >= 4 is 29.1 Å². The van der Waals surface area contributed by atoms with E-state index in [0.29, 0.717) is 17.1 Å². The van der Waals surface area contributed by atoms with Crippen molar-refractivity contribution in [2.45, 2.75) is 11.7 Å². The van der Waals surface area contributed by atoms with Crippen LogP contribution in [0.5, 0.6) is 11.5 Å². The first-order valence-electron chi connectivity index (χ1n) is 11.3. The summed E-state index contributed by atoms with van der Waals surface area (Å²) in [6.45, 7) is 0.0107. The number of Topliss-reactive ketones (excluding diaryl/α,β-unsaturated/α-hetero) is 2. The predicted octanol–water partition coefficient (Wildman–Crippen LogP) is 3.25. The van der Waals surface area contributed by atoms with Crippen LogP contribution in [0.15, 0.2) is 66.7 Å². The van der Waals surface area contributed by atoms with Gasteiger partial charge < -0.3 is 14.2 Å². The summed E-state index contributed by atoms with van der Waals surface area (Å²) in [6, 6.07) is 16.1. The topological polar surface area (TPSA) is 99.2 Å². The Hall–Kier alpha value is -4.37. The van der Waals surface area contributed by atoms with Gasteiger partial charge in [-0.25, -0.2) is 9.29 Å². The van der Waals surface area contributed by atoms with Crippen LogP contribution in [0.2, 0.25) is 0 Å². The molecule has 3 aromatic carbocycles. The summed E-state index contributed by atoms with van der Waals surface area (Å²) < 4.78 is 30.6. The minimum atomic E-state index is -2.19. The van der Waals surface area contributed by atoms with Crippen LogP contribution in [0.4, 0.5) is 10.1 Å². The summed E-state index contributed by atoms with van der Waals surface area (Å²) in [4.78, 5) is 56.2. The number of fused-ring (bicyclic) bond motifs is 4. The number of imide groups is 1. The minimum absolute atomic E-state index is 0.0107. The second-order valence-electron chi connectivity index (χ2n) is 9.08. The van der Waals surface area contributed by atoms with Gasteiger partial charge in [0.05, 0.1) is 23.6 Å². The number of carbonyl (C=O) groups excluding carboxylic acids is 4. The molecule has 7 rings (SSSR count). The third-order valence-electron chi connectivity index (χ3n) is 7.33. The first kappa shape index (κ1) is 21.0. The molecule has 36 heavy (non-hydrogen) atoms. The van der Waals surface area contributed by atoms with E-state index in [1.807, 2.05) is 0 Å². The molecule has 3 heterocycles. The van der Waals surface area contributed by atoms with Gasteiger partial charge in [-0.05, 0) is 29.8 Å². The van der Waals surface area contributed by atoms with Gasteiger partial charge in [0, 0.05) is 17.2 Å². The maximum atomic E-state index is 13.9. The summed E-state index contributed by atoms with van der Waals surface area (Å²) in [6.07, 6.45) is -1.12. The zero-order chi connectivity index (χ0) is 24.8. The molecule has 8 nitrogen and oxygen atoms in total. The number of hydrogen-bond donors (Lipinski definition) is 0. The summed E-state index contributed by atoms with van der Waals surface area (Å²) in [5.41, 5.74) is -1.29. The van der Waals surface area contributed by atoms with Crippen LogP contribution in [0, 0.1) is 17.7 Å². The molecule has 4 aliphatic rings. The van der Waals surface area contributed by atoms with Crippen LogP contribution in [-0.2, 0) is 14.3 Å². The summed E-state index contributed by atoms with van der Waals surface area (Å²) in [5.74, 6) is -4.87. The largest absolute Gasteiger partial charge is 0.454 e. The van der Waals surface area contributed by atoms with Gasteiger partial charge in [-0.2, -0.15) is 0 Å². The standard InChI is InChI=1S/C27H16FNO7/c28-14-7-5-13(6-8-14)22-20-21(27(36-22)23(30)16-3-1-2-4-17(16)24(27)31)26(33)29(25(20)32)15-9-10-18-19(11-15)35-12-34-18/h1-11,20-22H,12H2. The number of halogens is 1. The Kier molecular flexibility index (Phi) is 4.12. The van der Waals surface area contributed by atoms with Crippen LogP contribution in [0.3, 0.4) is 0 Å². The van der Waals surface area contributed by atoms with Gasteiger partial charge in [-0.3, -0.25) is 19.2 Å². The molecule has 0 aromatic heterocycles. The zero-order valence-corrected chi connectivity index (χ0v) is 18.5. The van der Waals surface area contributed by atoms with Gasteiger partial charge in [0.15, 0.2) is 11.5 Å². The van der Waals surface area contributed by atoms with E-state index in [4.69, 9.17) is 14.2 Å². The molecule has 3 aliphatic heterocycles. The highest BCUT2D eigenvalue weighted by atomic mass is 19.1. The molecule has 2 fully saturated rings. The van der Waals surface area contributed by atoms with Crippen molar-refractivity contribution < 1.29 is 37.8 Å². The van der Waals surface area contributed by atoms with E-state index in [-0.39, 0.29) is 23.6 Å². The molecule has 3 aromatic rings. The number of amides is 2. The highest BCUT2D eigenvalue weighted by Gasteiger charge is 2.74. The first-order valence-corrected chi connectivity index (χ1v) is 11.3. The van der Waals surface area contributed by atoms with Gasteiger partial charge in [0.1, 0.15) is 5.82 Å². The number of anilines is 1. The lowest BCUT2D eigenvalue weighted by Gasteiger charge is -2.27. The Morgan fingerprint density at radius 1 is 0.806 bits per heavy atom. The van der Waals surface area contributed by atoms with E-state index < -0.39 is 52.7 Å². The van der Waals surface area contributed by atoms with Gasteiger partial charge in [0.25, 0.3) is 0 Å². The van der Waals surface area contributed by atoms with E-state index in [9.17, 15) is 23.6 Å². The average molecular weight is 485 g/mol. The third kappa shape index (κ3) is 2.50. The van der Waals surface area contributed by atoms with Crippen molar-refractivity contribution in [3.05, 3.63) is 89.2 Å². The Balaban J connectivity index is 1.40. The first-order chi connectivity index (χ1) is 17.4. The van der Waals surface area contributed by atoms with Crippen molar-refractivity contribution in [1.82, 2.24) is 0 Å². The normalized spacial score (nSPS) is 25.1. The van der Waals surface area contributed by atoms with Crippen molar-refractivity contribution in [2.75, 3.05) is 11.7 Å². The lowest BCUT2D eigenvalue weighted by atomic mass is 9.77. The van der Waals surface area contributed by atoms with Crippen LogP contribution in [0.25, 0.3) is 0 Å². The molecule has 0 bridgehead atoms. The number of nitrogens with zero attached hydrogens (tertiary/aromatic N) is 1. The molecule has 3 atom stereocenters. The van der Waals surface area contributed by atoms with Crippen molar-refractivity contribution in [2.24, 2.45) is 11.8 Å². The predicted molar refractivity (Wildman–Crippen MR) is 120 cm³/mol. The van der Waals surface area contributed by atoms with E-state index in [1.165, 1.54) is 48.5 Å². The second kappa shape index (κ2) is 7.08. The molecule has 1 spiro atoms. The Morgan fingerprint density at radius 3 is 2.17 bits per heavy atom. The van der Waals surface area contributed by atoms with Crippen molar-refractivity contribution in [3.63, 3.8) is 0 Å². The van der Waals surface area contributed by atoms with Crippen molar-refractivity contribution in [3.8, 4) is 11.5 Å². The number of carbonyl (C=O) groups is 4. The summed E-state index contributed by atoms with van der Waals surface area (Å²) in [5, 5.41) is 0. The number of ether oxygens (including phenoxy) is 3. The molecule has 0 N–H and O–H groups in total. The molecule has 3 unspecified atom stereocenters. The smallest absolute Gasteiger partial charge is 0.241 e. The quantitative estimate of drug-likeness (QED) is 0.406. The average Bonchev–Trinajstić information content (AvgIpc) is 3.61. The summed E-state index contributed by atoms with van der Waals surface area (Å²) >= 11 is 0. The van der Waals surface area contributed by atoms with Crippen molar-refractivity contribution in [1.29, 1.82) is 0 Å². The van der Waals surface area contributed by atoms with Gasteiger partial charge in [-0.15, -0.1) is 0 Å². The second-order valence-corrected chi connectivity index (χ2v) is 9.08. The Bertz CT molecular complexity index is 1480. The van der Waals surface area contributed by atoms with Crippen LogP contribution in [-0.4, -0.2) is 35.8 Å². The van der Waals surface area contributed by atoms with E-state index in [0.717, 1.165) is 4.90 Å². The van der Waals surface area contributed by atoms with Crippen LogP contribution in [0.1, 0.15) is 32.4 Å². The third-order valence-corrected chi connectivity index (χ3v) is 7.33. The maximum Gasteiger partial charge on any atom is 0.241 e. The fourth-order valence-electron chi connectivity index (χ4n) is 5.75. The molecular formula is C27H16FNO7. The number of hydrogen-bond acceptors (Lipinski definition) is 7. The highest BCUT2D eigenvalue weighted by molar-refractivity contribution is 6.37.